The van der Waals surface area contributed by atoms with Gasteiger partial charge in [0.1, 0.15) is 11.6 Å². The van der Waals surface area contributed by atoms with Crippen molar-refractivity contribution in [3.63, 3.8) is 0 Å². The molecule has 0 aliphatic heterocycles. The van der Waals surface area contributed by atoms with Crippen molar-refractivity contribution in [1.29, 1.82) is 0 Å². The second-order valence-electron chi connectivity index (χ2n) is 7.87. The highest BCUT2D eigenvalue weighted by molar-refractivity contribution is 5.94. The number of halogens is 1. The molecule has 0 aliphatic carbocycles. The molecule has 2 heterocycles. The molecule has 4 aromatic rings. The number of hydrogen-bond donors (Lipinski definition) is 2. The second kappa shape index (κ2) is 7.47. The van der Waals surface area contributed by atoms with Crippen LogP contribution >= 0.6 is 0 Å². The fraction of sp³-hybridized carbons (Fsp3) is 0.174. The third kappa shape index (κ3) is 4.48. The van der Waals surface area contributed by atoms with E-state index in [4.69, 9.17) is 9.97 Å². The maximum atomic E-state index is 13.3. The Morgan fingerprint density at radius 1 is 0.828 bits per heavy atom. The number of anilines is 3. The van der Waals surface area contributed by atoms with E-state index in [0.717, 1.165) is 27.8 Å². The van der Waals surface area contributed by atoms with Gasteiger partial charge >= 0.3 is 0 Å². The van der Waals surface area contributed by atoms with Gasteiger partial charge in [0.25, 0.3) is 0 Å². The van der Waals surface area contributed by atoms with Crippen molar-refractivity contribution >= 4 is 28.1 Å². The molecule has 6 heteroatoms. The lowest BCUT2D eigenvalue weighted by molar-refractivity contribution is 0.628. The number of fused-ring (bicyclic) bond motifs is 1. The Labute approximate surface area is 169 Å². The third-order valence-corrected chi connectivity index (χ3v) is 4.26. The molecular weight excluding hydrogens is 365 g/mol. The van der Waals surface area contributed by atoms with Crippen LogP contribution in [0.3, 0.4) is 0 Å². The van der Waals surface area contributed by atoms with Crippen LogP contribution in [-0.4, -0.2) is 20.5 Å². The van der Waals surface area contributed by atoms with Crippen LogP contribution < -0.4 is 10.6 Å². The standard InChI is InChI=1S/C23H22FN5/c1-23(2,3)29-18-8-9-20-19(14-18)22(26-17-10-12-25-13-11-17)28-21(27-20)15-4-6-16(24)7-5-15/h4-14,29H,1-3H3,(H,25,26,27,28). The maximum Gasteiger partial charge on any atom is 0.162 e. The van der Waals surface area contributed by atoms with Gasteiger partial charge in [-0.15, -0.1) is 0 Å². The van der Waals surface area contributed by atoms with E-state index in [1.54, 1.807) is 24.5 Å². The lowest BCUT2D eigenvalue weighted by atomic mass is 10.1. The maximum absolute atomic E-state index is 13.3. The minimum atomic E-state index is -0.289. The summed E-state index contributed by atoms with van der Waals surface area (Å²) in [6.07, 6.45) is 3.44. The van der Waals surface area contributed by atoms with Gasteiger partial charge in [0, 0.05) is 40.3 Å². The monoisotopic (exact) mass is 387 g/mol. The molecular formula is C23H22FN5. The zero-order valence-corrected chi connectivity index (χ0v) is 16.6. The van der Waals surface area contributed by atoms with Gasteiger partial charge < -0.3 is 10.6 Å². The Morgan fingerprint density at radius 3 is 2.24 bits per heavy atom. The molecule has 4 rings (SSSR count). The Balaban J connectivity index is 1.85. The summed E-state index contributed by atoms with van der Waals surface area (Å²) in [5.41, 5.74) is 3.35. The van der Waals surface area contributed by atoms with Crippen LogP contribution in [-0.2, 0) is 0 Å². The van der Waals surface area contributed by atoms with E-state index >= 15 is 0 Å². The highest BCUT2D eigenvalue weighted by Gasteiger charge is 2.14. The van der Waals surface area contributed by atoms with E-state index in [1.165, 1.54) is 12.1 Å². The van der Waals surface area contributed by atoms with Gasteiger partial charge in [-0.25, -0.2) is 14.4 Å². The molecule has 0 saturated carbocycles. The summed E-state index contributed by atoms with van der Waals surface area (Å²) in [7, 11) is 0. The van der Waals surface area contributed by atoms with Crippen LogP contribution in [0.25, 0.3) is 22.3 Å². The Bertz CT molecular complexity index is 1140. The van der Waals surface area contributed by atoms with Gasteiger partial charge in [-0.1, -0.05) is 0 Å². The minimum Gasteiger partial charge on any atom is -0.380 e. The van der Waals surface area contributed by atoms with Crippen molar-refractivity contribution in [2.75, 3.05) is 10.6 Å². The number of nitrogens with zero attached hydrogens (tertiary/aromatic N) is 3. The third-order valence-electron chi connectivity index (χ3n) is 4.26. The lowest BCUT2D eigenvalue weighted by Crippen LogP contribution is -2.25. The van der Waals surface area contributed by atoms with Gasteiger partial charge in [0.2, 0.25) is 0 Å². The van der Waals surface area contributed by atoms with Crippen LogP contribution in [0.15, 0.2) is 67.0 Å². The summed E-state index contributed by atoms with van der Waals surface area (Å²) < 4.78 is 13.3. The predicted molar refractivity (Wildman–Crippen MR) is 116 cm³/mol. The average Bonchev–Trinajstić information content (AvgIpc) is 2.68. The smallest absolute Gasteiger partial charge is 0.162 e. The van der Waals surface area contributed by atoms with Crippen molar-refractivity contribution < 1.29 is 4.39 Å². The largest absolute Gasteiger partial charge is 0.380 e. The zero-order valence-electron chi connectivity index (χ0n) is 16.6. The van der Waals surface area contributed by atoms with E-state index in [0.29, 0.717) is 11.6 Å². The van der Waals surface area contributed by atoms with E-state index in [2.05, 4.69) is 36.4 Å². The van der Waals surface area contributed by atoms with Gasteiger partial charge in [-0.05, 0) is 75.4 Å². The molecule has 0 radical (unpaired) electrons. The first kappa shape index (κ1) is 18.8. The molecule has 0 aliphatic rings. The molecule has 0 unspecified atom stereocenters. The predicted octanol–water partition coefficient (Wildman–Crippen LogP) is 5.78. The van der Waals surface area contributed by atoms with Crippen molar-refractivity contribution in [2.45, 2.75) is 26.3 Å². The molecule has 0 fully saturated rings. The van der Waals surface area contributed by atoms with Gasteiger partial charge in [-0.3, -0.25) is 4.98 Å². The van der Waals surface area contributed by atoms with Gasteiger partial charge in [0.05, 0.1) is 5.52 Å². The number of rotatable bonds is 4. The topological polar surface area (TPSA) is 62.7 Å². The summed E-state index contributed by atoms with van der Waals surface area (Å²) in [5, 5.41) is 7.74. The van der Waals surface area contributed by atoms with Crippen molar-refractivity contribution in [2.24, 2.45) is 0 Å². The molecule has 0 atom stereocenters. The molecule has 5 nitrogen and oxygen atoms in total. The fourth-order valence-corrected chi connectivity index (χ4v) is 3.03. The molecule has 29 heavy (non-hydrogen) atoms. The van der Waals surface area contributed by atoms with E-state index in [1.807, 2.05) is 30.3 Å². The fourth-order valence-electron chi connectivity index (χ4n) is 3.03. The van der Waals surface area contributed by atoms with E-state index in [-0.39, 0.29) is 11.4 Å². The summed E-state index contributed by atoms with van der Waals surface area (Å²) in [4.78, 5) is 13.5. The summed E-state index contributed by atoms with van der Waals surface area (Å²) in [6.45, 7) is 6.34. The highest BCUT2D eigenvalue weighted by Crippen LogP contribution is 2.30. The van der Waals surface area contributed by atoms with E-state index in [9.17, 15) is 4.39 Å². The van der Waals surface area contributed by atoms with Crippen LogP contribution in [0.1, 0.15) is 20.8 Å². The molecule has 2 N–H and O–H groups in total. The summed E-state index contributed by atoms with van der Waals surface area (Å²) in [5.74, 6) is 0.922. The molecule has 0 bridgehead atoms. The lowest BCUT2D eigenvalue weighted by Gasteiger charge is -2.22. The Kier molecular flexibility index (Phi) is 4.84. The molecule has 146 valence electrons. The number of hydrogen-bond acceptors (Lipinski definition) is 5. The average molecular weight is 387 g/mol. The second-order valence-corrected chi connectivity index (χ2v) is 7.87. The first-order valence-electron chi connectivity index (χ1n) is 9.40. The van der Waals surface area contributed by atoms with Crippen LogP contribution in [0.4, 0.5) is 21.6 Å². The molecule has 2 aromatic carbocycles. The first-order chi connectivity index (χ1) is 13.9. The number of aromatic nitrogens is 3. The number of benzene rings is 2. The Morgan fingerprint density at radius 2 is 1.55 bits per heavy atom. The van der Waals surface area contributed by atoms with Gasteiger partial charge in [-0.2, -0.15) is 0 Å². The van der Waals surface area contributed by atoms with Crippen molar-refractivity contribution in [1.82, 2.24) is 15.0 Å². The van der Waals surface area contributed by atoms with Crippen molar-refractivity contribution in [3.05, 3.63) is 72.8 Å². The zero-order chi connectivity index (χ0) is 20.4. The molecule has 0 spiro atoms. The van der Waals surface area contributed by atoms with Crippen LogP contribution in [0.5, 0.6) is 0 Å². The van der Waals surface area contributed by atoms with Gasteiger partial charge in [0.15, 0.2) is 5.82 Å². The highest BCUT2D eigenvalue weighted by atomic mass is 19.1. The van der Waals surface area contributed by atoms with Crippen LogP contribution in [0, 0.1) is 5.82 Å². The quantitative estimate of drug-likeness (QED) is 0.464. The minimum absolute atomic E-state index is 0.0682. The summed E-state index contributed by atoms with van der Waals surface area (Å²) in [6, 6.07) is 16.0. The van der Waals surface area contributed by atoms with E-state index < -0.39 is 0 Å². The summed E-state index contributed by atoms with van der Waals surface area (Å²) >= 11 is 0. The van der Waals surface area contributed by atoms with Crippen molar-refractivity contribution in [3.8, 4) is 11.4 Å². The molecule has 0 amide bonds. The molecule has 0 saturated heterocycles. The first-order valence-corrected chi connectivity index (χ1v) is 9.40. The number of pyridine rings is 1. The normalized spacial score (nSPS) is 11.4. The Hall–Kier alpha value is -3.54. The SMILES string of the molecule is CC(C)(C)Nc1ccc2nc(-c3ccc(F)cc3)nc(Nc3ccncc3)c2c1. The number of nitrogens with one attached hydrogen (secondary N) is 2. The molecule has 2 aromatic heterocycles. The van der Waals surface area contributed by atoms with Crippen LogP contribution in [0.2, 0.25) is 0 Å².